The Bertz CT molecular complexity index is 1070. The molecule has 7 nitrogen and oxygen atoms in total. The van der Waals surface area contributed by atoms with Gasteiger partial charge >= 0.3 is 0 Å². The second kappa shape index (κ2) is 12.5. The van der Waals surface area contributed by atoms with Gasteiger partial charge in [0, 0.05) is 67.9 Å². The Labute approximate surface area is 208 Å². The first-order chi connectivity index (χ1) is 16.8. The molecule has 1 aliphatic rings. The molecule has 1 aromatic carbocycles. The maximum Gasteiger partial charge on any atom is 0.251 e. The van der Waals surface area contributed by atoms with Crippen molar-refractivity contribution in [1.82, 2.24) is 15.3 Å². The molecule has 0 atom stereocenters. The lowest BCUT2D eigenvalue weighted by molar-refractivity contribution is 0.0690. The van der Waals surface area contributed by atoms with Crippen LogP contribution in [0.5, 0.6) is 0 Å². The Morgan fingerprint density at radius 3 is 2.63 bits per heavy atom. The fourth-order valence-corrected chi connectivity index (χ4v) is 3.75. The van der Waals surface area contributed by atoms with Gasteiger partial charge in [-0.25, -0.2) is 9.97 Å². The first-order valence-electron chi connectivity index (χ1n) is 12.3. The molecule has 2 heterocycles. The topological polar surface area (TPSA) is 100 Å². The number of amides is 1. The van der Waals surface area contributed by atoms with Crippen molar-refractivity contribution in [3.63, 3.8) is 0 Å². The first-order valence-corrected chi connectivity index (χ1v) is 12.3. The van der Waals surface area contributed by atoms with Crippen LogP contribution in [-0.4, -0.2) is 54.6 Å². The Morgan fingerprint density at radius 2 is 1.97 bits per heavy atom. The quantitative estimate of drug-likeness (QED) is 0.480. The zero-order chi connectivity index (χ0) is 25.3. The van der Waals surface area contributed by atoms with Crippen molar-refractivity contribution in [2.75, 3.05) is 26.3 Å². The third-order valence-corrected chi connectivity index (χ3v) is 6.23. The van der Waals surface area contributed by atoms with Crippen molar-refractivity contribution < 1.29 is 9.53 Å². The maximum absolute atomic E-state index is 12.5. The number of carbonyl (C=O) groups is 1. The minimum Gasteiger partial charge on any atom is -0.381 e. The molecule has 186 valence electrons. The van der Waals surface area contributed by atoms with E-state index in [1.54, 1.807) is 0 Å². The molecule has 1 aliphatic heterocycles. The molecule has 0 radical (unpaired) electrons. The summed E-state index contributed by atoms with van der Waals surface area (Å²) in [6.45, 7) is 10.8. The van der Waals surface area contributed by atoms with Crippen LogP contribution in [0.2, 0.25) is 0 Å². The van der Waals surface area contributed by atoms with Gasteiger partial charge in [-0.1, -0.05) is 32.1 Å². The number of nitrogens with zero attached hydrogens (tertiary/aromatic N) is 3. The second-order valence-electron chi connectivity index (χ2n) is 9.80. The molecule has 35 heavy (non-hydrogen) atoms. The van der Waals surface area contributed by atoms with E-state index in [0.717, 1.165) is 60.8 Å². The number of hydrogen-bond acceptors (Lipinski definition) is 6. The van der Waals surface area contributed by atoms with Crippen molar-refractivity contribution in [3.8, 4) is 11.3 Å². The van der Waals surface area contributed by atoms with Crippen LogP contribution in [0.3, 0.4) is 0 Å². The molecule has 0 saturated carbocycles. The van der Waals surface area contributed by atoms with Crippen molar-refractivity contribution in [2.24, 2.45) is 16.3 Å². The number of allylic oxidation sites excluding steroid dienone is 2. The SMILES string of the molecule is C/C=C(\C=NCC1CCOCC1)Cc1ncc(C)c(-c2ccc(C(=O)NCC(C)(C)C=N)cc2)n1. The molecule has 1 aromatic heterocycles. The number of ether oxygens (including phenoxy) is 1. The predicted molar refractivity (Wildman–Crippen MR) is 141 cm³/mol. The molecule has 1 amide bonds. The number of aromatic nitrogens is 2. The van der Waals surface area contributed by atoms with Crippen molar-refractivity contribution in [3.05, 3.63) is 59.1 Å². The molecule has 1 saturated heterocycles. The third kappa shape index (κ3) is 7.92. The van der Waals surface area contributed by atoms with Crippen LogP contribution in [0.15, 0.2) is 47.1 Å². The molecule has 2 aromatic rings. The number of nitrogens with one attached hydrogen (secondary N) is 2. The summed E-state index contributed by atoms with van der Waals surface area (Å²) < 4.78 is 5.42. The molecule has 3 rings (SSSR count). The van der Waals surface area contributed by atoms with Gasteiger partial charge in [-0.2, -0.15) is 0 Å². The lowest BCUT2D eigenvalue weighted by Crippen LogP contribution is -2.34. The minimum absolute atomic E-state index is 0.149. The molecule has 2 N–H and O–H groups in total. The highest BCUT2D eigenvalue weighted by Gasteiger charge is 2.17. The highest BCUT2D eigenvalue weighted by atomic mass is 16.5. The Hall–Kier alpha value is -3.19. The molecule has 0 spiro atoms. The van der Waals surface area contributed by atoms with Crippen LogP contribution in [-0.2, 0) is 11.2 Å². The van der Waals surface area contributed by atoms with Crippen LogP contribution in [0.4, 0.5) is 0 Å². The number of benzene rings is 1. The zero-order valence-electron chi connectivity index (χ0n) is 21.3. The fourth-order valence-electron chi connectivity index (χ4n) is 3.75. The monoisotopic (exact) mass is 475 g/mol. The first kappa shape index (κ1) is 26.4. The van der Waals surface area contributed by atoms with E-state index in [0.29, 0.717) is 24.4 Å². The smallest absolute Gasteiger partial charge is 0.251 e. The van der Waals surface area contributed by atoms with Crippen LogP contribution >= 0.6 is 0 Å². The summed E-state index contributed by atoms with van der Waals surface area (Å²) >= 11 is 0. The average molecular weight is 476 g/mol. The van der Waals surface area contributed by atoms with Crippen molar-refractivity contribution in [1.29, 1.82) is 5.41 Å². The number of carbonyl (C=O) groups excluding carboxylic acids is 1. The van der Waals surface area contributed by atoms with E-state index < -0.39 is 0 Å². The summed E-state index contributed by atoms with van der Waals surface area (Å²) in [5.74, 6) is 1.20. The summed E-state index contributed by atoms with van der Waals surface area (Å²) in [7, 11) is 0. The Balaban J connectivity index is 1.66. The van der Waals surface area contributed by atoms with E-state index in [-0.39, 0.29) is 11.3 Å². The molecule has 0 unspecified atom stereocenters. The van der Waals surface area contributed by atoms with Crippen LogP contribution in [0, 0.1) is 23.7 Å². The van der Waals surface area contributed by atoms with E-state index in [1.165, 1.54) is 6.21 Å². The van der Waals surface area contributed by atoms with Gasteiger partial charge in [-0.15, -0.1) is 0 Å². The molecule has 7 heteroatoms. The summed E-state index contributed by atoms with van der Waals surface area (Å²) in [5.41, 5.74) is 4.09. The van der Waals surface area contributed by atoms with Crippen LogP contribution < -0.4 is 5.32 Å². The number of aryl methyl sites for hydroxylation is 1. The number of aliphatic imine (C=N–C) groups is 1. The standard InChI is InChI=1S/C28H37N5O2/c1-5-21(16-30-17-22-10-12-35-13-11-22)14-25-31-15-20(2)26(33-25)23-6-8-24(9-7-23)27(34)32-19-28(3,4)18-29/h5-9,15-16,18,22,29H,10-14,17,19H2,1-4H3,(H,32,34)/b21-5-,29-18?,30-16?. The summed E-state index contributed by atoms with van der Waals surface area (Å²) in [6, 6.07) is 7.46. The second-order valence-corrected chi connectivity index (χ2v) is 9.80. The average Bonchev–Trinajstić information content (AvgIpc) is 2.88. The van der Waals surface area contributed by atoms with Gasteiger partial charge in [-0.3, -0.25) is 9.79 Å². The van der Waals surface area contributed by atoms with E-state index >= 15 is 0 Å². The fraction of sp³-hybridized carbons (Fsp3) is 0.464. The van der Waals surface area contributed by atoms with Gasteiger partial charge in [0.05, 0.1) is 5.69 Å². The van der Waals surface area contributed by atoms with E-state index in [9.17, 15) is 4.79 Å². The van der Waals surface area contributed by atoms with Gasteiger partial charge in [0.15, 0.2) is 0 Å². The number of rotatable bonds is 10. The Kier molecular flexibility index (Phi) is 9.43. The molecular formula is C28H37N5O2. The maximum atomic E-state index is 12.5. The lowest BCUT2D eigenvalue weighted by atomic mass is 9.95. The molecule has 0 aliphatic carbocycles. The van der Waals surface area contributed by atoms with Crippen LogP contribution in [0.1, 0.15) is 55.4 Å². The highest BCUT2D eigenvalue weighted by molar-refractivity contribution is 5.94. The normalized spacial score (nSPS) is 15.4. The van der Waals surface area contributed by atoms with Gasteiger partial charge in [0.1, 0.15) is 5.82 Å². The summed E-state index contributed by atoms with van der Waals surface area (Å²) in [4.78, 5) is 26.5. The molecule has 1 fully saturated rings. The predicted octanol–water partition coefficient (Wildman–Crippen LogP) is 4.84. The highest BCUT2D eigenvalue weighted by Crippen LogP contribution is 2.22. The van der Waals surface area contributed by atoms with E-state index in [4.69, 9.17) is 15.1 Å². The van der Waals surface area contributed by atoms with Gasteiger partial charge in [0.2, 0.25) is 0 Å². The van der Waals surface area contributed by atoms with Crippen molar-refractivity contribution >= 4 is 18.3 Å². The molecule has 0 bridgehead atoms. The van der Waals surface area contributed by atoms with Crippen LogP contribution in [0.25, 0.3) is 11.3 Å². The van der Waals surface area contributed by atoms with Crippen molar-refractivity contribution in [2.45, 2.75) is 47.0 Å². The number of hydrogen-bond donors (Lipinski definition) is 2. The van der Waals surface area contributed by atoms with Gasteiger partial charge in [-0.05, 0) is 55.9 Å². The van der Waals surface area contributed by atoms with Gasteiger partial charge in [0.25, 0.3) is 5.91 Å². The van der Waals surface area contributed by atoms with Gasteiger partial charge < -0.3 is 15.5 Å². The van der Waals surface area contributed by atoms with E-state index in [2.05, 4.69) is 21.4 Å². The van der Waals surface area contributed by atoms with E-state index in [1.807, 2.05) is 64.4 Å². The third-order valence-electron chi connectivity index (χ3n) is 6.23. The summed E-state index contributed by atoms with van der Waals surface area (Å²) in [5, 5.41) is 10.3. The largest absolute Gasteiger partial charge is 0.381 e. The summed E-state index contributed by atoms with van der Waals surface area (Å²) in [6.07, 6.45) is 9.98. The zero-order valence-corrected chi connectivity index (χ0v) is 21.3. The molecular weight excluding hydrogens is 438 g/mol. The minimum atomic E-state index is -0.370. The Morgan fingerprint density at radius 1 is 1.26 bits per heavy atom. The lowest BCUT2D eigenvalue weighted by Gasteiger charge is -2.19.